The molecule has 2 N–H and O–H groups in total. The standard InChI is InChI=1S/C8H5F9N2O3/c9-5(10,7(12,13)14)1-22-3-6(11,8(15,16)17)2(20)18-4(21)19-3/h3H,1H2,(H2,18,19,20,21)/t3-,6-/m0/s1. The van der Waals surface area contributed by atoms with Gasteiger partial charge in [-0.25, -0.2) is 9.18 Å². The van der Waals surface area contributed by atoms with Crippen LogP contribution < -0.4 is 10.6 Å². The van der Waals surface area contributed by atoms with Crippen molar-refractivity contribution in [1.29, 1.82) is 0 Å². The minimum absolute atomic E-state index is 0.860. The molecule has 14 heteroatoms. The summed E-state index contributed by atoms with van der Waals surface area (Å²) in [4.78, 5) is 21.7. The van der Waals surface area contributed by atoms with E-state index >= 15 is 0 Å². The molecule has 22 heavy (non-hydrogen) atoms. The summed E-state index contributed by atoms with van der Waals surface area (Å²) in [6, 6.07) is -1.76. The molecule has 0 radical (unpaired) electrons. The summed E-state index contributed by atoms with van der Waals surface area (Å²) in [6.07, 6.45) is -15.7. The van der Waals surface area contributed by atoms with Gasteiger partial charge in [0.05, 0.1) is 0 Å². The Bertz CT molecular complexity index is 474. The Morgan fingerprint density at radius 3 is 1.95 bits per heavy atom. The Morgan fingerprint density at radius 2 is 1.55 bits per heavy atom. The molecule has 1 saturated heterocycles. The highest BCUT2D eigenvalue weighted by atomic mass is 19.4. The molecule has 1 aliphatic heterocycles. The molecule has 0 aromatic heterocycles. The Morgan fingerprint density at radius 1 is 1.05 bits per heavy atom. The molecule has 0 aromatic rings. The maximum absolute atomic E-state index is 13.8. The van der Waals surface area contributed by atoms with Crippen LogP contribution in [0, 0.1) is 0 Å². The quantitative estimate of drug-likeness (QED) is 0.762. The largest absolute Gasteiger partial charge is 0.455 e. The molecule has 1 heterocycles. The third-order valence-electron chi connectivity index (χ3n) is 2.44. The van der Waals surface area contributed by atoms with Gasteiger partial charge in [-0.15, -0.1) is 0 Å². The second-order valence-electron chi connectivity index (χ2n) is 4.03. The molecule has 0 unspecified atom stereocenters. The molecule has 0 bridgehead atoms. The van der Waals surface area contributed by atoms with Gasteiger partial charge >= 0.3 is 30.0 Å². The van der Waals surface area contributed by atoms with Crippen LogP contribution in [0.5, 0.6) is 0 Å². The number of ether oxygens (including phenoxy) is 1. The lowest BCUT2D eigenvalue weighted by molar-refractivity contribution is -0.313. The van der Waals surface area contributed by atoms with E-state index in [1.807, 2.05) is 0 Å². The van der Waals surface area contributed by atoms with E-state index in [0.717, 1.165) is 10.6 Å². The van der Waals surface area contributed by atoms with Gasteiger partial charge in [-0.2, -0.15) is 35.1 Å². The normalized spacial score (nSPS) is 27.4. The molecule has 0 aromatic carbocycles. The molecule has 1 aliphatic rings. The number of carbonyl (C=O) groups excluding carboxylic acids is 2. The fraction of sp³-hybridized carbons (Fsp3) is 0.750. The third-order valence-corrected chi connectivity index (χ3v) is 2.44. The van der Waals surface area contributed by atoms with E-state index in [-0.39, 0.29) is 0 Å². The van der Waals surface area contributed by atoms with Crippen LogP contribution in [-0.2, 0) is 9.53 Å². The SMILES string of the molecule is O=C1NC(=O)[C@@](F)(C(F)(F)F)[C@H](OCC(F)(F)C(F)(F)F)N1. The first kappa shape index (κ1) is 18.3. The van der Waals surface area contributed by atoms with Crippen LogP contribution in [0.3, 0.4) is 0 Å². The van der Waals surface area contributed by atoms with Gasteiger partial charge in [0.15, 0.2) is 6.23 Å². The lowest BCUT2D eigenvalue weighted by Crippen LogP contribution is -2.73. The Hall–Kier alpha value is -1.73. The van der Waals surface area contributed by atoms with Crippen LogP contribution in [0.25, 0.3) is 0 Å². The summed E-state index contributed by atoms with van der Waals surface area (Å²) < 4.78 is 116. The van der Waals surface area contributed by atoms with Crippen molar-refractivity contribution in [3.8, 4) is 0 Å². The summed E-state index contributed by atoms with van der Waals surface area (Å²) in [5.41, 5.74) is -5.04. The smallest absolute Gasteiger partial charge is 0.347 e. The van der Waals surface area contributed by atoms with Crippen LogP contribution in [0.15, 0.2) is 0 Å². The van der Waals surface area contributed by atoms with Gasteiger partial charge in [-0.3, -0.25) is 10.1 Å². The predicted molar refractivity (Wildman–Crippen MR) is 47.3 cm³/mol. The van der Waals surface area contributed by atoms with E-state index in [1.165, 1.54) is 0 Å². The molecule has 0 saturated carbocycles. The fourth-order valence-corrected chi connectivity index (χ4v) is 1.27. The number of halogens is 9. The second-order valence-corrected chi connectivity index (χ2v) is 4.03. The summed E-state index contributed by atoms with van der Waals surface area (Å²) in [6.45, 7) is -2.74. The molecular weight excluding hydrogens is 343 g/mol. The number of hydrogen-bond donors (Lipinski definition) is 2. The Labute approximate surface area is 114 Å². The van der Waals surface area contributed by atoms with E-state index in [0.29, 0.717) is 0 Å². The minimum atomic E-state index is -6.19. The van der Waals surface area contributed by atoms with Gasteiger partial charge < -0.3 is 10.1 Å². The fourth-order valence-electron chi connectivity index (χ4n) is 1.27. The third kappa shape index (κ3) is 3.05. The number of alkyl halides is 9. The highest BCUT2D eigenvalue weighted by Gasteiger charge is 2.70. The van der Waals surface area contributed by atoms with Crippen molar-refractivity contribution in [2.45, 2.75) is 30.2 Å². The first-order chi connectivity index (χ1) is 9.63. The van der Waals surface area contributed by atoms with Crippen molar-refractivity contribution in [3.63, 3.8) is 0 Å². The van der Waals surface area contributed by atoms with Gasteiger partial charge in [-0.1, -0.05) is 0 Å². The predicted octanol–water partition coefficient (Wildman–Crippen LogP) is 1.64. The van der Waals surface area contributed by atoms with Crippen LogP contribution in [0.2, 0.25) is 0 Å². The summed E-state index contributed by atoms with van der Waals surface area (Å²) in [5.74, 6) is -8.23. The van der Waals surface area contributed by atoms with Crippen molar-refractivity contribution >= 4 is 11.9 Å². The van der Waals surface area contributed by atoms with Crippen LogP contribution in [0.4, 0.5) is 44.3 Å². The van der Waals surface area contributed by atoms with Crippen LogP contribution in [-0.4, -0.2) is 48.7 Å². The van der Waals surface area contributed by atoms with Crippen LogP contribution >= 0.6 is 0 Å². The van der Waals surface area contributed by atoms with Gasteiger partial charge in [0.1, 0.15) is 6.61 Å². The lowest BCUT2D eigenvalue weighted by atomic mass is 10.0. The number of carbonyl (C=O) groups is 2. The van der Waals surface area contributed by atoms with E-state index in [2.05, 4.69) is 4.74 Å². The monoisotopic (exact) mass is 348 g/mol. The highest BCUT2D eigenvalue weighted by molar-refractivity contribution is 6.02. The van der Waals surface area contributed by atoms with Crippen LogP contribution in [0.1, 0.15) is 0 Å². The van der Waals surface area contributed by atoms with E-state index in [9.17, 15) is 49.1 Å². The zero-order valence-electron chi connectivity index (χ0n) is 9.91. The molecule has 128 valence electrons. The van der Waals surface area contributed by atoms with Gasteiger partial charge in [0, 0.05) is 0 Å². The molecule has 0 aliphatic carbocycles. The lowest BCUT2D eigenvalue weighted by Gasteiger charge is -2.37. The summed E-state index contributed by atoms with van der Waals surface area (Å²) in [7, 11) is 0. The molecule has 1 fully saturated rings. The topological polar surface area (TPSA) is 67.4 Å². The van der Waals surface area contributed by atoms with Crippen molar-refractivity contribution in [2.24, 2.45) is 0 Å². The zero-order chi connectivity index (χ0) is 17.6. The Kier molecular flexibility index (Phi) is 4.31. The summed E-state index contributed by atoms with van der Waals surface area (Å²) >= 11 is 0. The van der Waals surface area contributed by atoms with E-state index in [4.69, 9.17) is 0 Å². The van der Waals surface area contributed by atoms with Crippen molar-refractivity contribution < 1.29 is 53.8 Å². The average molecular weight is 348 g/mol. The van der Waals surface area contributed by atoms with Crippen molar-refractivity contribution in [2.75, 3.05) is 6.61 Å². The molecular formula is C8H5F9N2O3. The highest BCUT2D eigenvalue weighted by Crippen LogP contribution is 2.41. The first-order valence-electron chi connectivity index (χ1n) is 5.06. The van der Waals surface area contributed by atoms with Crippen molar-refractivity contribution in [3.05, 3.63) is 0 Å². The Balaban J connectivity index is 3.03. The number of rotatable bonds is 3. The van der Waals surface area contributed by atoms with Gasteiger partial charge in [0.25, 0.3) is 5.91 Å². The molecule has 5 nitrogen and oxygen atoms in total. The minimum Gasteiger partial charge on any atom is -0.347 e. The summed E-state index contributed by atoms with van der Waals surface area (Å²) in [5, 5.41) is 1.84. The van der Waals surface area contributed by atoms with Crippen molar-refractivity contribution in [1.82, 2.24) is 10.6 Å². The number of urea groups is 1. The number of imide groups is 1. The number of nitrogens with one attached hydrogen (secondary N) is 2. The van der Waals surface area contributed by atoms with E-state index in [1.54, 1.807) is 0 Å². The number of amides is 3. The zero-order valence-corrected chi connectivity index (χ0v) is 9.91. The number of hydrogen-bond acceptors (Lipinski definition) is 3. The second kappa shape index (κ2) is 5.17. The van der Waals surface area contributed by atoms with Gasteiger partial charge in [0.2, 0.25) is 0 Å². The maximum Gasteiger partial charge on any atom is 0.455 e. The average Bonchev–Trinajstić information content (AvgIpc) is 2.28. The first-order valence-corrected chi connectivity index (χ1v) is 5.06. The van der Waals surface area contributed by atoms with E-state index < -0.39 is 48.7 Å². The molecule has 0 spiro atoms. The molecule has 1 rings (SSSR count). The molecule has 2 atom stereocenters. The maximum atomic E-state index is 13.8. The molecule has 3 amide bonds. The van der Waals surface area contributed by atoms with Gasteiger partial charge in [-0.05, 0) is 0 Å².